The summed E-state index contributed by atoms with van der Waals surface area (Å²) in [6.07, 6.45) is 5.74. The van der Waals surface area contributed by atoms with Gasteiger partial charge in [-0.3, -0.25) is 4.55 Å². The number of hydrogen-bond acceptors (Lipinski definition) is 5. The van der Waals surface area contributed by atoms with E-state index in [-0.39, 0.29) is 22.8 Å². The first-order chi connectivity index (χ1) is 18.1. The quantitative estimate of drug-likeness (QED) is 0.232. The lowest BCUT2D eigenvalue weighted by molar-refractivity contribution is 0.0696. The monoisotopic (exact) mass is 548 g/mol. The van der Waals surface area contributed by atoms with Crippen LogP contribution in [0.1, 0.15) is 49.0 Å². The normalized spacial score (nSPS) is 15.6. The van der Waals surface area contributed by atoms with E-state index >= 15 is 0 Å². The van der Waals surface area contributed by atoms with Crippen LogP contribution in [0.4, 0.5) is 11.5 Å². The summed E-state index contributed by atoms with van der Waals surface area (Å²) in [4.78, 5) is 16.0. The van der Waals surface area contributed by atoms with Crippen LogP contribution < -0.4 is 9.04 Å². The Morgan fingerprint density at radius 1 is 1.08 bits per heavy atom. The highest BCUT2D eigenvalue weighted by atomic mass is 32.2. The molecule has 1 heterocycles. The Bertz CT molecular complexity index is 1590. The van der Waals surface area contributed by atoms with Crippen molar-refractivity contribution >= 4 is 56.4 Å². The van der Waals surface area contributed by atoms with E-state index in [1.807, 2.05) is 6.07 Å². The number of allylic oxidation sites excluding steroid dienone is 2. The van der Waals surface area contributed by atoms with Crippen molar-refractivity contribution in [2.45, 2.75) is 33.1 Å². The van der Waals surface area contributed by atoms with Gasteiger partial charge in [0.25, 0.3) is 11.3 Å². The minimum absolute atomic E-state index is 0.0103. The van der Waals surface area contributed by atoms with Crippen molar-refractivity contribution < 1.29 is 23.4 Å². The largest absolute Gasteiger partial charge is 0.495 e. The van der Waals surface area contributed by atoms with Crippen LogP contribution in [0.25, 0.3) is 26.9 Å². The summed E-state index contributed by atoms with van der Waals surface area (Å²) in [6.45, 7) is 4.63. The fourth-order valence-electron chi connectivity index (χ4n) is 4.67. The average molecular weight is 549 g/mol. The molecule has 4 aromatic rings. The highest BCUT2D eigenvalue weighted by Gasteiger charge is 2.24. The molecule has 9 heteroatoms. The maximum absolute atomic E-state index is 12.3. The van der Waals surface area contributed by atoms with Crippen molar-refractivity contribution in [2.24, 2.45) is 5.41 Å². The molecule has 5 rings (SSSR count). The third-order valence-corrected chi connectivity index (χ3v) is 8.51. The lowest BCUT2D eigenvalue weighted by Gasteiger charge is -2.28. The molecule has 0 fully saturated rings. The summed E-state index contributed by atoms with van der Waals surface area (Å²) in [5.74, 6) is -0.708. The maximum atomic E-state index is 12.3. The lowest BCUT2D eigenvalue weighted by Crippen LogP contribution is -2.20. The van der Waals surface area contributed by atoms with Gasteiger partial charge in [-0.25, -0.2) is 18.3 Å². The van der Waals surface area contributed by atoms with E-state index in [4.69, 9.17) is 4.74 Å². The molecule has 0 saturated heterocycles. The van der Waals surface area contributed by atoms with Crippen molar-refractivity contribution in [3.8, 4) is 16.3 Å². The van der Waals surface area contributed by atoms with E-state index in [1.165, 1.54) is 54.2 Å². The average Bonchev–Trinajstić information content (AvgIpc) is 3.37. The van der Waals surface area contributed by atoms with E-state index in [2.05, 4.69) is 55.2 Å². The van der Waals surface area contributed by atoms with Crippen molar-refractivity contribution in [3.05, 3.63) is 77.2 Å². The number of methoxy groups -OCH3 is 1. The van der Waals surface area contributed by atoms with Crippen molar-refractivity contribution in [3.63, 3.8) is 0 Å². The van der Waals surface area contributed by atoms with Gasteiger partial charge in [0, 0.05) is 10.9 Å². The van der Waals surface area contributed by atoms with Crippen LogP contribution in [0.3, 0.4) is 0 Å². The number of aromatic nitrogens is 1. The van der Waals surface area contributed by atoms with Crippen LogP contribution in [-0.2, 0) is 11.3 Å². The zero-order valence-electron chi connectivity index (χ0n) is 21.3. The highest BCUT2D eigenvalue weighted by molar-refractivity contribution is 7.81. The number of benzene rings is 3. The van der Waals surface area contributed by atoms with Gasteiger partial charge in [0.1, 0.15) is 16.4 Å². The Morgan fingerprint density at radius 2 is 1.79 bits per heavy atom. The van der Waals surface area contributed by atoms with Gasteiger partial charge >= 0.3 is 5.97 Å². The Balaban J connectivity index is 1.45. The Kier molecular flexibility index (Phi) is 7.09. The van der Waals surface area contributed by atoms with Gasteiger partial charge < -0.3 is 9.84 Å². The van der Waals surface area contributed by atoms with Crippen LogP contribution in [0.15, 0.2) is 66.1 Å². The number of nitrogens with zero attached hydrogens (tertiary/aromatic N) is 2. The molecule has 196 valence electrons. The first-order valence-corrected chi connectivity index (χ1v) is 14.1. The number of carboxylic acid groups (broad SMARTS) is 1. The van der Waals surface area contributed by atoms with Gasteiger partial charge in [0.2, 0.25) is 0 Å². The summed E-state index contributed by atoms with van der Waals surface area (Å²) in [6, 6.07) is 16.8. The Labute approximate surface area is 227 Å². The van der Waals surface area contributed by atoms with Gasteiger partial charge in [-0.15, -0.1) is 11.3 Å². The minimum atomic E-state index is -2.47. The van der Waals surface area contributed by atoms with E-state index in [0.29, 0.717) is 10.4 Å². The maximum Gasteiger partial charge on any atom is 0.335 e. The smallest absolute Gasteiger partial charge is 0.335 e. The summed E-state index contributed by atoms with van der Waals surface area (Å²) in [5.41, 5.74) is 4.19. The molecule has 0 bridgehead atoms. The molecular formula is C29H28N2O5S2. The molecule has 0 saturated carbocycles. The number of carbonyl (C=O) groups is 1. The number of ether oxygens (including phenoxy) is 1. The van der Waals surface area contributed by atoms with Gasteiger partial charge in [0.15, 0.2) is 5.82 Å². The van der Waals surface area contributed by atoms with Crippen molar-refractivity contribution in [1.82, 2.24) is 4.98 Å². The van der Waals surface area contributed by atoms with Crippen LogP contribution in [0, 0.1) is 5.41 Å². The standard InChI is InChI=1S/C29H28N2O5S2/c1-29(2)12-10-18(11-13-29)19-4-5-21-15-22(7-6-20(21)14-19)27-30-26(17-37-27)31(38(34)35)24-9-8-23(28(32)33)16-25(24)36-3/h4-10,14-17H,11-13H2,1-3H3,(H,32,33)(H,34,35). The topological polar surface area (TPSA) is 100.0 Å². The molecule has 1 aliphatic rings. The minimum Gasteiger partial charge on any atom is -0.495 e. The summed E-state index contributed by atoms with van der Waals surface area (Å²) in [7, 11) is 1.38. The lowest BCUT2D eigenvalue weighted by atomic mass is 9.77. The molecule has 0 aliphatic heterocycles. The molecule has 1 aliphatic carbocycles. The zero-order chi connectivity index (χ0) is 27.0. The predicted octanol–water partition coefficient (Wildman–Crippen LogP) is 7.54. The molecule has 1 unspecified atom stereocenters. The number of aromatic carboxylic acids is 1. The SMILES string of the molecule is COc1cc(C(=O)O)ccc1N(c1csc(-c2ccc3cc(C4=CCC(C)(C)CC4)ccc3c2)n1)S(=O)O. The Morgan fingerprint density at radius 3 is 2.42 bits per heavy atom. The number of anilines is 2. The Hall–Kier alpha value is -3.53. The first kappa shape index (κ1) is 26.1. The number of thiazole rings is 1. The number of carboxylic acids is 1. The van der Waals surface area contributed by atoms with Crippen LogP contribution in [0.5, 0.6) is 5.75 Å². The summed E-state index contributed by atoms with van der Waals surface area (Å²) >= 11 is -1.11. The van der Waals surface area contributed by atoms with Crippen molar-refractivity contribution in [1.29, 1.82) is 0 Å². The van der Waals surface area contributed by atoms with E-state index < -0.39 is 17.2 Å². The molecule has 1 atom stereocenters. The number of fused-ring (bicyclic) bond motifs is 1. The molecule has 0 spiro atoms. The second-order valence-electron chi connectivity index (χ2n) is 10.1. The second kappa shape index (κ2) is 10.3. The zero-order valence-corrected chi connectivity index (χ0v) is 22.9. The third kappa shape index (κ3) is 5.22. The molecule has 0 amide bonds. The van der Waals surface area contributed by atoms with Gasteiger partial charge in [-0.2, -0.15) is 0 Å². The molecule has 3 aromatic carbocycles. The molecule has 1 aromatic heterocycles. The van der Waals surface area contributed by atoms with E-state index in [9.17, 15) is 18.7 Å². The van der Waals surface area contributed by atoms with Crippen LogP contribution in [-0.4, -0.2) is 31.9 Å². The second-order valence-corrected chi connectivity index (χ2v) is 11.8. The molecular weight excluding hydrogens is 520 g/mol. The van der Waals surface area contributed by atoms with Gasteiger partial charge in [0.05, 0.1) is 12.7 Å². The van der Waals surface area contributed by atoms with Crippen LogP contribution in [0.2, 0.25) is 0 Å². The molecule has 38 heavy (non-hydrogen) atoms. The van der Waals surface area contributed by atoms with Crippen molar-refractivity contribution in [2.75, 3.05) is 11.4 Å². The summed E-state index contributed by atoms with van der Waals surface area (Å²) in [5, 5.41) is 13.9. The molecule has 2 N–H and O–H groups in total. The number of rotatable bonds is 7. The van der Waals surface area contributed by atoms with Gasteiger partial charge in [-0.1, -0.05) is 44.2 Å². The fraction of sp³-hybridized carbons (Fsp3) is 0.241. The fourth-order valence-corrected chi connectivity index (χ4v) is 6.10. The first-order valence-electron chi connectivity index (χ1n) is 12.2. The predicted molar refractivity (Wildman–Crippen MR) is 154 cm³/mol. The molecule has 7 nitrogen and oxygen atoms in total. The van der Waals surface area contributed by atoms with E-state index in [1.54, 1.807) is 5.38 Å². The number of hydrogen-bond donors (Lipinski definition) is 2. The summed E-state index contributed by atoms with van der Waals surface area (Å²) < 4.78 is 28.8. The highest BCUT2D eigenvalue weighted by Crippen LogP contribution is 2.40. The van der Waals surface area contributed by atoms with E-state index in [0.717, 1.165) is 33.5 Å². The van der Waals surface area contributed by atoms with Crippen LogP contribution >= 0.6 is 11.3 Å². The van der Waals surface area contributed by atoms with Gasteiger partial charge in [-0.05, 0) is 76.9 Å². The third-order valence-electron chi connectivity index (χ3n) is 6.93. The molecule has 0 radical (unpaired) electrons.